The van der Waals surface area contributed by atoms with Crippen LogP contribution in [0.25, 0.3) is 10.8 Å². The van der Waals surface area contributed by atoms with Crippen molar-refractivity contribution in [2.75, 3.05) is 24.5 Å². The molecule has 1 aliphatic heterocycles. The number of benzene rings is 1. The summed E-state index contributed by atoms with van der Waals surface area (Å²) in [5.41, 5.74) is 2.15. The van der Waals surface area contributed by atoms with Gasteiger partial charge in [0, 0.05) is 37.2 Å². The fourth-order valence-corrected chi connectivity index (χ4v) is 3.98. The zero-order chi connectivity index (χ0) is 17.1. The highest BCUT2D eigenvalue weighted by Crippen LogP contribution is 2.25. The first kappa shape index (κ1) is 16.3. The summed E-state index contributed by atoms with van der Waals surface area (Å²) in [6, 6.07) is 10.6. The van der Waals surface area contributed by atoms with Crippen molar-refractivity contribution in [1.82, 2.24) is 10.3 Å². The molecule has 0 bridgehead atoms. The van der Waals surface area contributed by atoms with Gasteiger partial charge in [-0.15, -0.1) is 11.3 Å². The highest BCUT2D eigenvalue weighted by Gasteiger charge is 2.22. The van der Waals surface area contributed by atoms with Crippen LogP contribution in [0.15, 0.2) is 52.5 Å². The van der Waals surface area contributed by atoms with E-state index in [-0.39, 0.29) is 5.82 Å². The first-order chi connectivity index (χ1) is 12.3. The standard InChI is InChI=1S/C19H20FN3OS/c20-15-3-5-17(6-4-15)23-8-7-14(12-23)10-21-11-16-13-25-19(22-16)18-2-1-9-24-18/h1-6,9,13-14,21H,7-8,10-12H2/t14-/m0/s1. The first-order valence-corrected chi connectivity index (χ1v) is 9.35. The molecule has 3 heterocycles. The third-order valence-electron chi connectivity index (χ3n) is 4.50. The molecule has 1 fully saturated rings. The number of anilines is 1. The SMILES string of the molecule is Fc1ccc(N2CC[C@@H](CNCc3csc(-c4ccco4)n3)C2)cc1. The zero-order valence-electron chi connectivity index (χ0n) is 13.8. The third-order valence-corrected chi connectivity index (χ3v) is 5.41. The molecule has 0 amide bonds. The molecule has 0 aliphatic carbocycles. The Labute approximate surface area is 150 Å². The predicted molar refractivity (Wildman–Crippen MR) is 98.2 cm³/mol. The lowest BCUT2D eigenvalue weighted by atomic mass is 10.1. The number of thiazole rings is 1. The molecule has 6 heteroatoms. The van der Waals surface area contributed by atoms with Crippen molar-refractivity contribution >= 4 is 17.0 Å². The van der Waals surface area contributed by atoms with Gasteiger partial charge in [-0.05, 0) is 48.7 Å². The Morgan fingerprint density at radius 3 is 2.96 bits per heavy atom. The summed E-state index contributed by atoms with van der Waals surface area (Å²) in [4.78, 5) is 6.93. The number of hydrogen-bond acceptors (Lipinski definition) is 5. The van der Waals surface area contributed by atoms with Crippen LogP contribution < -0.4 is 10.2 Å². The monoisotopic (exact) mass is 357 g/mol. The van der Waals surface area contributed by atoms with E-state index >= 15 is 0 Å². The van der Waals surface area contributed by atoms with Crippen molar-refractivity contribution in [3.63, 3.8) is 0 Å². The van der Waals surface area contributed by atoms with Crippen LogP contribution in [-0.4, -0.2) is 24.6 Å². The molecular weight excluding hydrogens is 337 g/mol. The van der Waals surface area contributed by atoms with Crippen molar-refractivity contribution in [3.05, 3.63) is 59.6 Å². The van der Waals surface area contributed by atoms with Crippen LogP contribution >= 0.6 is 11.3 Å². The maximum absolute atomic E-state index is 13.0. The second-order valence-electron chi connectivity index (χ2n) is 6.33. The van der Waals surface area contributed by atoms with E-state index in [4.69, 9.17) is 4.42 Å². The van der Waals surface area contributed by atoms with Gasteiger partial charge in [-0.2, -0.15) is 0 Å². The average molecular weight is 357 g/mol. The van der Waals surface area contributed by atoms with Crippen molar-refractivity contribution in [2.24, 2.45) is 5.92 Å². The number of aromatic nitrogens is 1. The third kappa shape index (κ3) is 3.91. The summed E-state index contributed by atoms with van der Waals surface area (Å²) < 4.78 is 18.4. The smallest absolute Gasteiger partial charge is 0.162 e. The van der Waals surface area contributed by atoms with Crippen LogP contribution in [-0.2, 0) is 6.54 Å². The van der Waals surface area contributed by atoms with Crippen molar-refractivity contribution in [2.45, 2.75) is 13.0 Å². The Bertz CT molecular complexity index is 800. The minimum atomic E-state index is -0.182. The Kier molecular flexibility index (Phi) is 4.81. The number of rotatable bonds is 6. The quantitative estimate of drug-likeness (QED) is 0.719. The van der Waals surface area contributed by atoms with Gasteiger partial charge >= 0.3 is 0 Å². The van der Waals surface area contributed by atoms with Crippen molar-refractivity contribution in [3.8, 4) is 10.8 Å². The summed E-state index contributed by atoms with van der Waals surface area (Å²) in [6.07, 6.45) is 2.82. The normalized spacial score (nSPS) is 17.3. The molecule has 1 aromatic carbocycles. The zero-order valence-corrected chi connectivity index (χ0v) is 14.6. The molecule has 0 unspecified atom stereocenters. The van der Waals surface area contributed by atoms with Crippen LogP contribution in [0, 0.1) is 11.7 Å². The van der Waals surface area contributed by atoms with E-state index < -0.39 is 0 Å². The van der Waals surface area contributed by atoms with Crippen LogP contribution in [0.3, 0.4) is 0 Å². The van der Waals surface area contributed by atoms with Gasteiger partial charge in [0.1, 0.15) is 5.82 Å². The number of furan rings is 1. The molecule has 2 aromatic heterocycles. The van der Waals surface area contributed by atoms with E-state index in [1.807, 2.05) is 24.3 Å². The largest absolute Gasteiger partial charge is 0.462 e. The van der Waals surface area contributed by atoms with E-state index in [0.717, 1.165) is 54.7 Å². The maximum Gasteiger partial charge on any atom is 0.162 e. The molecule has 1 saturated heterocycles. The lowest BCUT2D eigenvalue weighted by Gasteiger charge is -2.18. The molecule has 130 valence electrons. The Morgan fingerprint density at radius 2 is 2.16 bits per heavy atom. The molecule has 0 spiro atoms. The van der Waals surface area contributed by atoms with E-state index in [2.05, 4.69) is 20.6 Å². The van der Waals surface area contributed by atoms with Gasteiger partial charge in [-0.25, -0.2) is 9.37 Å². The lowest BCUT2D eigenvalue weighted by Crippen LogP contribution is -2.26. The van der Waals surface area contributed by atoms with E-state index in [1.165, 1.54) is 12.1 Å². The maximum atomic E-state index is 13.0. The summed E-state index contributed by atoms with van der Waals surface area (Å²) >= 11 is 1.61. The van der Waals surface area contributed by atoms with Crippen LogP contribution in [0.2, 0.25) is 0 Å². The molecule has 4 nitrogen and oxygen atoms in total. The van der Waals surface area contributed by atoms with E-state index in [0.29, 0.717) is 5.92 Å². The fraction of sp³-hybridized carbons (Fsp3) is 0.316. The number of nitrogens with zero attached hydrogens (tertiary/aromatic N) is 2. The Morgan fingerprint density at radius 1 is 1.28 bits per heavy atom. The van der Waals surface area contributed by atoms with Gasteiger partial charge in [-0.1, -0.05) is 0 Å². The second kappa shape index (κ2) is 7.37. The molecule has 25 heavy (non-hydrogen) atoms. The minimum Gasteiger partial charge on any atom is -0.462 e. The fourth-order valence-electron chi connectivity index (χ4n) is 3.19. The molecule has 0 saturated carbocycles. The molecule has 1 aliphatic rings. The van der Waals surface area contributed by atoms with Gasteiger partial charge in [0.05, 0.1) is 12.0 Å². The summed E-state index contributed by atoms with van der Waals surface area (Å²) in [6.45, 7) is 3.76. The van der Waals surface area contributed by atoms with Crippen molar-refractivity contribution < 1.29 is 8.81 Å². The summed E-state index contributed by atoms with van der Waals surface area (Å²) in [5, 5.41) is 6.51. The van der Waals surface area contributed by atoms with E-state index in [9.17, 15) is 4.39 Å². The first-order valence-electron chi connectivity index (χ1n) is 8.47. The summed E-state index contributed by atoms with van der Waals surface area (Å²) in [5.74, 6) is 1.24. The minimum absolute atomic E-state index is 0.182. The lowest BCUT2D eigenvalue weighted by molar-refractivity contribution is 0.514. The molecular formula is C19H20FN3OS. The molecule has 1 N–H and O–H groups in total. The van der Waals surface area contributed by atoms with Gasteiger partial charge < -0.3 is 14.6 Å². The Hall–Kier alpha value is -2.18. The van der Waals surface area contributed by atoms with E-state index in [1.54, 1.807) is 17.6 Å². The predicted octanol–water partition coefficient (Wildman–Crippen LogP) is 4.16. The highest BCUT2D eigenvalue weighted by molar-refractivity contribution is 7.13. The number of nitrogens with one attached hydrogen (secondary N) is 1. The van der Waals surface area contributed by atoms with Crippen molar-refractivity contribution in [1.29, 1.82) is 0 Å². The highest BCUT2D eigenvalue weighted by atomic mass is 32.1. The number of hydrogen-bond donors (Lipinski definition) is 1. The van der Waals surface area contributed by atoms with Crippen LogP contribution in [0.4, 0.5) is 10.1 Å². The van der Waals surface area contributed by atoms with Crippen LogP contribution in [0.1, 0.15) is 12.1 Å². The molecule has 3 aromatic rings. The molecule has 1 atom stereocenters. The van der Waals surface area contributed by atoms with Gasteiger partial charge in [0.15, 0.2) is 10.8 Å². The van der Waals surface area contributed by atoms with Gasteiger partial charge in [0.25, 0.3) is 0 Å². The Balaban J connectivity index is 1.25. The average Bonchev–Trinajstić information content (AvgIpc) is 3.37. The number of halogens is 1. The summed E-state index contributed by atoms with van der Waals surface area (Å²) in [7, 11) is 0. The second-order valence-corrected chi connectivity index (χ2v) is 7.19. The topological polar surface area (TPSA) is 41.3 Å². The molecule has 0 radical (unpaired) electrons. The van der Waals surface area contributed by atoms with Gasteiger partial charge in [0.2, 0.25) is 0 Å². The van der Waals surface area contributed by atoms with Gasteiger partial charge in [-0.3, -0.25) is 0 Å². The molecule has 4 rings (SSSR count). The van der Waals surface area contributed by atoms with Crippen LogP contribution in [0.5, 0.6) is 0 Å².